The van der Waals surface area contributed by atoms with E-state index in [1.165, 1.54) is 17.5 Å². The van der Waals surface area contributed by atoms with Gasteiger partial charge < -0.3 is 19.5 Å². The van der Waals surface area contributed by atoms with Gasteiger partial charge in [0.15, 0.2) is 6.29 Å². The molecule has 1 saturated heterocycles. The minimum Gasteiger partial charge on any atom is -0.423 e. The lowest BCUT2D eigenvalue weighted by Crippen LogP contribution is -2.26. The average molecular weight is 291 g/mol. The van der Waals surface area contributed by atoms with Crippen molar-refractivity contribution in [3.63, 3.8) is 0 Å². The fraction of sp³-hybridized carbons (Fsp3) is 0.308. The summed E-state index contributed by atoms with van der Waals surface area (Å²) >= 11 is 1.26. The van der Waals surface area contributed by atoms with Gasteiger partial charge >= 0.3 is 7.12 Å². The summed E-state index contributed by atoms with van der Waals surface area (Å²) in [5.41, 5.74) is 1.91. The standard InChI is InChI=1S/C13H14BNO4S/c16-14(17)11-8-15-12(20-11)9-2-4-10(5-3-9)13-18-6-1-7-19-13/h2-5,8,13,16-17H,1,6-7H2. The molecule has 2 N–H and O–H groups in total. The Morgan fingerprint density at radius 1 is 1.15 bits per heavy atom. The predicted molar refractivity (Wildman–Crippen MR) is 76.6 cm³/mol. The maximum absolute atomic E-state index is 9.09. The first kappa shape index (κ1) is 13.7. The monoisotopic (exact) mass is 291 g/mol. The van der Waals surface area contributed by atoms with Crippen LogP contribution in [0.2, 0.25) is 0 Å². The summed E-state index contributed by atoms with van der Waals surface area (Å²) in [6, 6.07) is 7.76. The van der Waals surface area contributed by atoms with Gasteiger partial charge in [0.1, 0.15) is 5.01 Å². The van der Waals surface area contributed by atoms with Crippen molar-refractivity contribution in [3.05, 3.63) is 36.0 Å². The average Bonchev–Trinajstić information content (AvgIpc) is 2.98. The van der Waals surface area contributed by atoms with Crippen molar-refractivity contribution in [2.45, 2.75) is 12.7 Å². The van der Waals surface area contributed by atoms with E-state index in [0.29, 0.717) is 4.78 Å². The lowest BCUT2D eigenvalue weighted by Gasteiger charge is -2.23. The van der Waals surface area contributed by atoms with Crippen LogP contribution >= 0.6 is 11.3 Å². The summed E-state index contributed by atoms with van der Waals surface area (Å²) in [6.45, 7) is 1.44. The van der Waals surface area contributed by atoms with E-state index in [1.807, 2.05) is 24.3 Å². The molecule has 0 amide bonds. The van der Waals surface area contributed by atoms with Crippen LogP contribution in [0, 0.1) is 0 Å². The highest BCUT2D eigenvalue weighted by molar-refractivity contribution is 7.24. The third-order valence-corrected chi connectivity index (χ3v) is 4.12. The molecular weight excluding hydrogens is 277 g/mol. The zero-order valence-electron chi connectivity index (χ0n) is 10.7. The quantitative estimate of drug-likeness (QED) is 0.823. The van der Waals surface area contributed by atoms with E-state index in [2.05, 4.69) is 4.98 Å². The van der Waals surface area contributed by atoms with Crippen LogP contribution in [0.15, 0.2) is 30.5 Å². The maximum atomic E-state index is 9.09. The van der Waals surface area contributed by atoms with Gasteiger partial charge in [-0.15, -0.1) is 11.3 Å². The minimum atomic E-state index is -1.47. The van der Waals surface area contributed by atoms with Crippen LogP contribution in [0.5, 0.6) is 0 Å². The Bertz CT molecular complexity index is 566. The molecule has 1 aromatic carbocycles. The molecule has 1 aliphatic heterocycles. The van der Waals surface area contributed by atoms with Crippen molar-refractivity contribution < 1.29 is 19.5 Å². The van der Waals surface area contributed by atoms with Crippen molar-refractivity contribution >= 4 is 23.2 Å². The van der Waals surface area contributed by atoms with E-state index >= 15 is 0 Å². The number of ether oxygens (including phenoxy) is 2. The van der Waals surface area contributed by atoms with E-state index in [0.717, 1.165) is 35.8 Å². The van der Waals surface area contributed by atoms with Gasteiger partial charge in [0, 0.05) is 17.3 Å². The van der Waals surface area contributed by atoms with Crippen molar-refractivity contribution in [1.29, 1.82) is 0 Å². The first-order valence-electron chi connectivity index (χ1n) is 6.39. The molecule has 0 radical (unpaired) electrons. The Hall–Kier alpha value is -1.25. The van der Waals surface area contributed by atoms with Gasteiger partial charge in [-0.1, -0.05) is 24.3 Å². The Labute approximate surface area is 121 Å². The van der Waals surface area contributed by atoms with Crippen LogP contribution in [0.1, 0.15) is 18.3 Å². The predicted octanol–water partition coefficient (Wildman–Crippen LogP) is 0.925. The zero-order valence-corrected chi connectivity index (χ0v) is 11.5. The van der Waals surface area contributed by atoms with Gasteiger partial charge in [-0.3, -0.25) is 0 Å². The molecule has 0 unspecified atom stereocenters. The molecule has 0 aliphatic carbocycles. The number of thiazole rings is 1. The molecule has 104 valence electrons. The molecule has 0 atom stereocenters. The lowest BCUT2D eigenvalue weighted by molar-refractivity contribution is -0.183. The van der Waals surface area contributed by atoms with E-state index in [9.17, 15) is 0 Å². The second kappa shape index (κ2) is 6.03. The van der Waals surface area contributed by atoms with Crippen LogP contribution in [-0.2, 0) is 9.47 Å². The van der Waals surface area contributed by atoms with E-state index < -0.39 is 7.12 Å². The largest absolute Gasteiger partial charge is 0.500 e. The molecule has 2 aromatic rings. The van der Waals surface area contributed by atoms with Crippen LogP contribution < -0.4 is 4.78 Å². The summed E-state index contributed by atoms with van der Waals surface area (Å²) < 4.78 is 11.5. The fourth-order valence-corrected chi connectivity index (χ4v) is 2.80. The molecule has 20 heavy (non-hydrogen) atoms. The number of hydrogen-bond acceptors (Lipinski definition) is 6. The van der Waals surface area contributed by atoms with Crippen molar-refractivity contribution in [2.24, 2.45) is 0 Å². The molecule has 0 spiro atoms. The molecular formula is C13H14BNO4S. The Kier molecular flexibility index (Phi) is 4.14. The highest BCUT2D eigenvalue weighted by atomic mass is 32.1. The van der Waals surface area contributed by atoms with Gasteiger partial charge in [0.2, 0.25) is 0 Å². The first-order valence-corrected chi connectivity index (χ1v) is 7.21. The minimum absolute atomic E-state index is 0.288. The SMILES string of the molecule is OB(O)c1cnc(-c2ccc(C3OCCCO3)cc2)s1. The van der Waals surface area contributed by atoms with Crippen molar-refractivity contribution in [1.82, 2.24) is 4.98 Å². The number of hydrogen-bond donors (Lipinski definition) is 2. The number of rotatable bonds is 3. The molecule has 1 aromatic heterocycles. The van der Waals surface area contributed by atoms with Crippen LogP contribution in [-0.4, -0.2) is 35.4 Å². The normalized spacial score (nSPS) is 16.3. The van der Waals surface area contributed by atoms with Crippen LogP contribution in [0.25, 0.3) is 10.6 Å². The Morgan fingerprint density at radius 3 is 2.45 bits per heavy atom. The van der Waals surface area contributed by atoms with Crippen molar-refractivity contribution in [3.8, 4) is 10.6 Å². The molecule has 0 bridgehead atoms. The smallest absolute Gasteiger partial charge is 0.423 e. The lowest BCUT2D eigenvalue weighted by atomic mass is 9.91. The number of nitrogens with zero attached hydrogens (tertiary/aromatic N) is 1. The first-order chi connectivity index (χ1) is 9.74. The molecule has 1 fully saturated rings. The van der Waals surface area contributed by atoms with E-state index in [4.69, 9.17) is 19.5 Å². The van der Waals surface area contributed by atoms with Crippen LogP contribution in [0.4, 0.5) is 0 Å². The summed E-state index contributed by atoms with van der Waals surface area (Å²) in [5.74, 6) is 0. The Morgan fingerprint density at radius 2 is 1.85 bits per heavy atom. The van der Waals surface area contributed by atoms with Crippen molar-refractivity contribution in [2.75, 3.05) is 13.2 Å². The van der Waals surface area contributed by atoms with Gasteiger partial charge in [-0.2, -0.15) is 0 Å². The van der Waals surface area contributed by atoms with E-state index in [1.54, 1.807) is 0 Å². The fourth-order valence-electron chi connectivity index (χ4n) is 2.00. The second-order valence-electron chi connectivity index (χ2n) is 4.49. The highest BCUT2D eigenvalue weighted by Gasteiger charge is 2.18. The number of aromatic nitrogens is 1. The molecule has 3 rings (SSSR count). The maximum Gasteiger partial charge on any atom is 0.500 e. The van der Waals surface area contributed by atoms with Gasteiger partial charge in [-0.05, 0) is 6.42 Å². The van der Waals surface area contributed by atoms with Gasteiger partial charge in [-0.25, -0.2) is 4.98 Å². The molecule has 2 heterocycles. The van der Waals surface area contributed by atoms with E-state index in [-0.39, 0.29) is 6.29 Å². The summed E-state index contributed by atoms with van der Waals surface area (Å²) in [4.78, 5) is 4.19. The third-order valence-electron chi connectivity index (χ3n) is 3.03. The van der Waals surface area contributed by atoms with Gasteiger partial charge in [0.05, 0.1) is 18.0 Å². The second-order valence-corrected chi connectivity index (χ2v) is 5.55. The molecule has 1 aliphatic rings. The summed E-state index contributed by atoms with van der Waals surface area (Å²) in [5, 5.41) is 18.9. The van der Waals surface area contributed by atoms with Gasteiger partial charge in [0.25, 0.3) is 0 Å². The summed E-state index contributed by atoms with van der Waals surface area (Å²) in [7, 11) is -1.47. The Balaban J connectivity index is 1.77. The zero-order chi connectivity index (χ0) is 13.9. The highest BCUT2D eigenvalue weighted by Crippen LogP contribution is 2.26. The molecule has 7 heteroatoms. The van der Waals surface area contributed by atoms with Crippen LogP contribution in [0.3, 0.4) is 0 Å². The third kappa shape index (κ3) is 2.92. The molecule has 0 saturated carbocycles. The summed E-state index contributed by atoms with van der Waals surface area (Å²) in [6.07, 6.45) is 2.12. The molecule has 5 nitrogen and oxygen atoms in total. The number of benzene rings is 1. The topological polar surface area (TPSA) is 71.8 Å².